The monoisotopic (exact) mass is 260 g/mol. The first-order chi connectivity index (χ1) is 9.11. The molecular formula is C14H16N2O3. The average molecular weight is 260 g/mol. The number of hydrogen-bond donors (Lipinski definition) is 1. The molecule has 1 spiro atoms. The summed E-state index contributed by atoms with van der Waals surface area (Å²) in [6, 6.07) is 9.83. The zero-order chi connectivity index (χ0) is 13.5. The van der Waals surface area contributed by atoms with Gasteiger partial charge in [-0.2, -0.15) is 0 Å². The Morgan fingerprint density at radius 3 is 2.53 bits per heavy atom. The summed E-state index contributed by atoms with van der Waals surface area (Å²) in [5.74, 6) is -0.0880. The highest BCUT2D eigenvalue weighted by molar-refractivity contribution is 5.84. The molecule has 2 aliphatic rings. The summed E-state index contributed by atoms with van der Waals surface area (Å²) >= 11 is 0. The molecule has 1 aliphatic carbocycles. The summed E-state index contributed by atoms with van der Waals surface area (Å²) in [7, 11) is 0. The Kier molecular flexibility index (Phi) is 2.69. The number of rotatable bonds is 2. The van der Waals surface area contributed by atoms with Gasteiger partial charge in [-0.05, 0) is 18.4 Å². The van der Waals surface area contributed by atoms with Crippen LogP contribution in [-0.4, -0.2) is 45.5 Å². The van der Waals surface area contributed by atoms with Gasteiger partial charge >= 0.3 is 6.09 Å². The lowest BCUT2D eigenvalue weighted by molar-refractivity contribution is -0.141. The maximum absolute atomic E-state index is 12.2. The molecule has 1 aromatic carbocycles. The lowest BCUT2D eigenvalue weighted by Gasteiger charge is -2.40. The first-order valence-electron chi connectivity index (χ1n) is 6.43. The topological polar surface area (TPSA) is 60.9 Å². The second-order valence-corrected chi connectivity index (χ2v) is 5.33. The van der Waals surface area contributed by atoms with E-state index in [1.165, 1.54) is 4.90 Å². The quantitative estimate of drug-likeness (QED) is 0.877. The molecule has 1 aliphatic heterocycles. The number of amides is 2. The molecule has 2 amide bonds. The molecule has 0 radical (unpaired) electrons. The van der Waals surface area contributed by atoms with Crippen LogP contribution in [0.2, 0.25) is 0 Å². The second kappa shape index (κ2) is 4.26. The summed E-state index contributed by atoms with van der Waals surface area (Å²) in [5, 5.41) is 9.05. The van der Waals surface area contributed by atoms with E-state index >= 15 is 0 Å². The Morgan fingerprint density at radius 2 is 1.95 bits per heavy atom. The number of benzene rings is 1. The molecule has 1 heterocycles. The zero-order valence-corrected chi connectivity index (χ0v) is 10.6. The van der Waals surface area contributed by atoms with Gasteiger partial charge in [-0.25, -0.2) is 4.79 Å². The van der Waals surface area contributed by atoms with Crippen LogP contribution in [-0.2, 0) is 11.3 Å². The van der Waals surface area contributed by atoms with Crippen molar-refractivity contribution in [3.63, 3.8) is 0 Å². The van der Waals surface area contributed by atoms with E-state index in [-0.39, 0.29) is 18.0 Å². The molecule has 1 aromatic rings. The van der Waals surface area contributed by atoms with Gasteiger partial charge in [0.1, 0.15) is 6.54 Å². The standard InChI is InChI=1S/C14H16N2O3/c17-12-9-15(13(18)19)10-14(6-7-14)16(12)8-11-4-2-1-3-5-11/h1-5H,6-10H2,(H,18,19). The third-order valence-electron chi connectivity index (χ3n) is 3.97. The number of nitrogens with zero attached hydrogens (tertiary/aromatic N) is 2. The SMILES string of the molecule is O=C(O)N1CC(=O)N(Cc2ccccc2)C2(CC2)C1. The Hall–Kier alpha value is -2.04. The second-order valence-electron chi connectivity index (χ2n) is 5.33. The molecule has 1 saturated carbocycles. The number of carbonyl (C=O) groups is 2. The van der Waals surface area contributed by atoms with Crippen molar-refractivity contribution in [1.29, 1.82) is 0 Å². The van der Waals surface area contributed by atoms with E-state index in [1.807, 2.05) is 35.2 Å². The molecule has 2 fully saturated rings. The highest BCUT2D eigenvalue weighted by Gasteiger charge is 2.54. The minimum atomic E-state index is -1.00. The predicted molar refractivity (Wildman–Crippen MR) is 68.6 cm³/mol. The first-order valence-corrected chi connectivity index (χ1v) is 6.43. The fraction of sp³-hybridized carbons (Fsp3) is 0.429. The summed E-state index contributed by atoms with van der Waals surface area (Å²) in [6.45, 7) is 0.998. The van der Waals surface area contributed by atoms with Crippen molar-refractivity contribution in [2.75, 3.05) is 13.1 Å². The lowest BCUT2D eigenvalue weighted by atomic mass is 10.1. The largest absolute Gasteiger partial charge is 0.465 e. The summed E-state index contributed by atoms with van der Waals surface area (Å²) in [5.41, 5.74) is 0.842. The summed E-state index contributed by atoms with van der Waals surface area (Å²) in [6.07, 6.45) is 0.795. The van der Waals surface area contributed by atoms with Gasteiger partial charge in [0.15, 0.2) is 0 Å². The van der Waals surface area contributed by atoms with Crippen LogP contribution in [0.5, 0.6) is 0 Å². The molecule has 0 atom stereocenters. The third kappa shape index (κ3) is 2.16. The molecule has 19 heavy (non-hydrogen) atoms. The fourth-order valence-electron chi connectivity index (χ4n) is 2.74. The van der Waals surface area contributed by atoms with Gasteiger partial charge in [0.25, 0.3) is 0 Å². The van der Waals surface area contributed by atoms with Gasteiger partial charge < -0.3 is 10.0 Å². The highest BCUT2D eigenvalue weighted by atomic mass is 16.4. The van der Waals surface area contributed by atoms with Gasteiger partial charge in [-0.1, -0.05) is 30.3 Å². The lowest BCUT2D eigenvalue weighted by Crippen LogP contribution is -2.58. The Bertz CT molecular complexity index is 511. The van der Waals surface area contributed by atoms with Crippen LogP contribution in [0.15, 0.2) is 30.3 Å². The van der Waals surface area contributed by atoms with Crippen LogP contribution in [0, 0.1) is 0 Å². The molecule has 5 heteroatoms. The molecule has 100 valence electrons. The highest BCUT2D eigenvalue weighted by Crippen LogP contribution is 2.45. The normalized spacial score (nSPS) is 20.7. The number of carbonyl (C=O) groups excluding carboxylic acids is 1. The van der Waals surface area contributed by atoms with Gasteiger partial charge in [0.2, 0.25) is 5.91 Å². The smallest absolute Gasteiger partial charge is 0.407 e. The van der Waals surface area contributed by atoms with E-state index in [0.717, 1.165) is 18.4 Å². The number of hydrogen-bond acceptors (Lipinski definition) is 2. The molecule has 3 rings (SSSR count). The Morgan fingerprint density at radius 1 is 1.26 bits per heavy atom. The zero-order valence-electron chi connectivity index (χ0n) is 10.6. The van der Waals surface area contributed by atoms with Gasteiger partial charge in [-0.3, -0.25) is 9.69 Å². The molecule has 1 N–H and O–H groups in total. The van der Waals surface area contributed by atoms with Crippen LogP contribution in [0.4, 0.5) is 4.79 Å². The summed E-state index contributed by atoms with van der Waals surface area (Å²) < 4.78 is 0. The van der Waals surface area contributed by atoms with Gasteiger partial charge in [0, 0.05) is 13.1 Å². The van der Waals surface area contributed by atoms with Crippen molar-refractivity contribution in [1.82, 2.24) is 9.80 Å². The van der Waals surface area contributed by atoms with Crippen LogP contribution >= 0.6 is 0 Å². The number of piperazine rings is 1. The van der Waals surface area contributed by atoms with Crippen molar-refractivity contribution in [3.05, 3.63) is 35.9 Å². The van der Waals surface area contributed by atoms with Crippen LogP contribution in [0.25, 0.3) is 0 Å². The van der Waals surface area contributed by atoms with E-state index in [4.69, 9.17) is 5.11 Å². The van der Waals surface area contributed by atoms with E-state index in [0.29, 0.717) is 13.1 Å². The maximum Gasteiger partial charge on any atom is 0.407 e. The average Bonchev–Trinajstić information content (AvgIpc) is 3.15. The van der Waals surface area contributed by atoms with Crippen molar-refractivity contribution >= 4 is 12.0 Å². The van der Waals surface area contributed by atoms with Crippen molar-refractivity contribution in [3.8, 4) is 0 Å². The molecule has 0 bridgehead atoms. The first kappa shape index (κ1) is 12.0. The van der Waals surface area contributed by atoms with Gasteiger partial charge in [0.05, 0.1) is 5.54 Å². The van der Waals surface area contributed by atoms with Crippen molar-refractivity contribution in [2.45, 2.75) is 24.9 Å². The van der Waals surface area contributed by atoms with E-state index < -0.39 is 6.09 Å². The van der Waals surface area contributed by atoms with E-state index in [2.05, 4.69) is 0 Å². The molecule has 1 saturated heterocycles. The molecule has 0 aromatic heterocycles. The van der Waals surface area contributed by atoms with Crippen molar-refractivity contribution < 1.29 is 14.7 Å². The van der Waals surface area contributed by atoms with E-state index in [1.54, 1.807) is 0 Å². The van der Waals surface area contributed by atoms with Crippen LogP contribution in [0.1, 0.15) is 18.4 Å². The maximum atomic E-state index is 12.2. The Balaban J connectivity index is 1.79. The minimum Gasteiger partial charge on any atom is -0.465 e. The molecular weight excluding hydrogens is 244 g/mol. The van der Waals surface area contributed by atoms with Crippen molar-refractivity contribution in [2.24, 2.45) is 0 Å². The molecule has 5 nitrogen and oxygen atoms in total. The van der Waals surface area contributed by atoms with Crippen LogP contribution < -0.4 is 0 Å². The molecule has 0 unspecified atom stereocenters. The fourth-order valence-corrected chi connectivity index (χ4v) is 2.74. The summed E-state index contributed by atoms with van der Waals surface area (Å²) in [4.78, 5) is 26.3. The third-order valence-corrected chi connectivity index (χ3v) is 3.97. The predicted octanol–water partition coefficient (Wildman–Crippen LogP) is 1.54. The number of carboxylic acid groups (broad SMARTS) is 1. The van der Waals surface area contributed by atoms with E-state index in [9.17, 15) is 9.59 Å². The van der Waals surface area contributed by atoms with Gasteiger partial charge in [-0.15, -0.1) is 0 Å². The van der Waals surface area contributed by atoms with Crippen LogP contribution in [0.3, 0.4) is 0 Å². The minimum absolute atomic E-state index is 0.0239. The Labute approximate surface area is 111 Å².